The molecule has 1 N–H and O–H groups in total. The van der Waals surface area contributed by atoms with Crippen LogP contribution in [0.3, 0.4) is 0 Å². The Morgan fingerprint density at radius 1 is 1.25 bits per heavy atom. The van der Waals surface area contributed by atoms with Crippen molar-refractivity contribution < 1.29 is 22.7 Å². The highest BCUT2D eigenvalue weighted by Gasteiger charge is 2.25. The van der Waals surface area contributed by atoms with Gasteiger partial charge in [0, 0.05) is 23.5 Å². The van der Waals surface area contributed by atoms with E-state index in [1.54, 1.807) is 6.92 Å². The zero-order valence-corrected chi connectivity index (χ0v) is 13.4. The second-order valence-corrected chi connectivity index (χ2v) is 7.04. The number of hydrogen-bond acceptors (Lipinski definition) is 4. The fourth-order valence-electron chi connectivity index (χ4n) is 2.69. The molecule has 2 aromatic heterocycles. The van der Waals surface area contributed by atoms with Gasteiger partial charge in [0.05, 0.1) is 16.8 Å². The van der Waals surface area contributed by atoms with Crippen molar-refractivity contribution in [2.24, 2.45) is 0 Å². The SMILES string of the molecule is Cc1c(CC(=O)O)c2cnccc2n1S(=O)(=O)c1ccc(F)cc1. The fraction of sp³-hybridized carbons (Fsp3) is 0.125. The minimum Gasteiger partial charge on any atom is -0.481 e. The van der Waals surface area contributed by atoms with E-state index in [4.69, 9.17) is 5.11 Å². The van der Waals surface area contributed by atoms with E-state index < -0.39 is 21.8 Å². The van der Waals surface area contributed by atoms with E-state index in [9.17, 15) is 17.6 Å². The average molecular weight is 348 g/mol. The minimum atomic E-state index is -4.00. The monoisotopic (exact) mass is 348 g/mol. The second kappa shape index (κ2) is 5.72. The normalized spacial score (nSPS) is 11.8. The van der Waals surface area contributed by atoms with Gasteiger partial charge < -0.3 is 5.11 Å². The summed E-state index contributed by atoms with van der Waals surface area (Å²) in [5.41, 5.74) is 1.02. The first-order chi connectivity index (χ1) is 11.3. The van der Waals surface area contributed by atoms with Crippen LogP contribution >= 0.6 is 0 Å². The van der Waals surface area contributed by atoms with Crippen LogP contribution in [0.2, 0.25) is 0 Å². The first kappa shape index (κ1) is 16.1. The van der Waals surface area contributed by atoms with Crippen LogP contribution in [0.4, 0.5) is 4.39 Å². The standard InChI is InChI=1S/C16H13FN2O4S/c1-10-13(8-16(20)21)14-9-18-7-6-15(14)19(10)24(22,23)12-4-2-11(17)3-5-12/h2-7,9H,8H2,1H3,(H,20,21). The Labute approximate surface area is 137 Å². The third-order valence-electron chi connectivity index (χ3n) is 3.76. The molecule has 0 saturated heterocycles. The first-order valence-electron chi connectivity index (χ1n) is 6.99. The summed E-state index contributed by atoms with van der Waals surface area (Å²) < 4.78 is 40.1. The highest BCUT2D eigenvalue weighted by Crippen LogP contribution is 2.29. The van der Waals surface area contributed by atoms with Gasteiger partial charge in [-0.05, 0) is 42.8 Å². The second-order valence-electron chi connectivity index (χ2n) is 5.25. The Morgan fingerprint density at radius 2 is 1.92 bits per heavy atom. The predicted molar refractivity (Wildman–Crippen MR) is 84.8 cm³/mol. The fourth-order valence-corrected chi connectivity index (χ4v) is 4.27. The molecule has 0 spiro atoms. The number of carboxylic acids is 1. The number of aromatic nitrogens is 2. The number of fused-ring (bicyclic) bond motifs is 1. The molecule has 0 bridgehead atoms. The summed E-state index contributed by atoms with van der Waals surface area (Å²) in [6, 6.07) is 5.98. The molecule has 0 aliphatic rings. The third-order valence-corrected chi connectivity index (χ3v) is 5.58. The largest absolute Gasteiger partial charge is 0.481 e. The van der Waals surface area contributed by atoms with Crippen LogP contribution in [-0.4, -0.2) is 28.5 Å². The van der Waals surface area contributed by atoms with Crippen molar-refractivity contribution in [1.29, 1.82) is 0 Å². The summed E-state index contributed by atoms with van der Waals surface area (Å²) in [6.45, 7) is 1.54. The summed E-state index contributed by atoms with van der Waals surface area (Å²) in [6.07, 6.45) is 2.56. The van der Waals surface area contributed by atoms with Gasteiger partial charge in [0.15, 0.2) is 0 Å². The van der Waals surface area contributed by atoms with Gasteiger partial charge in [0.1, 0.15) is 5.82 Å². The minimum absolute atomic E-state index is 0.0809. The molecule has 0 aliphatic carbocycles. The Morgan fingerprint density at radius 3 is 2.54 bits per heavy atom. The average Bonchev–Trinajstić information content (AvgIpc) is 2.80. The molecule has 24 heavy (non-hydrogen) atoms. The van der Waals surface area contributed by atoms with Crippen LogP contribution in [0.15, 0.2) is 47.6 Å². The van der Waals surface area contributed by atoms with Gasteiger partial charge in [-0.2, -0.15) is 0 Å². The van der Waals surface area contributed by atoms with Crippen molar-refractivity contribution in [3.05, 3.63) is 59.8 Å². The molecule has 0 unspecified atom stereocenters. The van der Waals surface area contributed by atoms with Gasteiger partial charge in [-0.1, -0.05) is 0 Å². The van der Waals surface area contributed by atoms with Gasteiger partial charge in [0.25, 0.3) is 10.0 Å². The van der Waals surface area contributed by atoms with Crippen molar-refractivity contribution in [2.45, 2.75) is 18.2 Å². The molecule has 0 amide bonds. The molecular weight excluding hydrogens is 335 g/mol. The summed E-state index contributed by atoms with van der Waals surface area (Å²) in [7, 11) is -4.00. The predicted octanol–water partition coefficient (Wildman–Crippen LogP) is 2.35. The van der Waals surface area contributed by atoms with Crippen molar-refractivity contribution >= 4 is 26.9 Å². The Hall–Kier alpha value is -2.74. The number of aliphatic carboxylic acids is 1. The Balaban J connectivity index is 2.31. The topological polar surface area (TPSA) is 89.3 Å². The van der Waals surface area contributed by atoms with Gasteiger partial charge in [-0.25, -0.2) is 16.8 Å². The van der Waals surface area contributed by atoms with Crippen molar-refractivity contribution in [3.8, 4) is 0 Å². The molecule has 6 nitrogen and oxygen atoms in total. The van der Waals surface area contributed by atoms with E-state index in [0.29, 0.717) is 22.2 Å². The first-order valence-corrected chi connectivity index (χ1v) is 8.43. The lowest BCUT2D eigenvalue weighted by Crippen LogP contribution is -2.15. The zero-order chi connectivity index (χ0) is 17.5. The third kappa shape index (κ3) is 2.54. The molecule has 8 heteroatoms. The van der Waals surface area contributed by atoms with Crippen LogP contribution in [0.5, 0.6) is 0 Å². The molecule has 1 aromatic carbocycles. The lowest BCUT2D eigenvalue weighted by Gasteiger charge is -2.10. The number of carboxylic acid groups (broad SMARTS) is 1. The Bertz CT molecular complexity index is 1040. The molecule has 124 valence electrons. The van der Waals surface area contributed by atoms with Gasteiger partial charge >= 0.3 is 5.97 Å². The number of hydrogen-bond donors (Lipinski definition) is 1. The van der Waals surface area contributed by atoms with Crippen LogP contribution in [0.25, 0.3) is 10.9 Å². The molecule has 0 fully saturated rings. The van der Waals surface area contributed by atoms with Crippen LogP contribution < -0.4 is 0 Å². The van der Waals surface area contributed by atoms with E-state index in [1.807, 2.05) is 0 Å². The zero-order valence-electron chi connectivity index (χ0n) is 12.6. The number of benzene rings is 1. The number of nitrogens with zero attached hydrogens (tertiary/aromatic N) is 2. The van der Waals surface area contributed by atoms with Crippen LogP contribution in [-0.2, 0) is 21.2 Å². The lowest BCUT2D eigenvalue weighted by atomic mass is 10.1. The highest BCUT2D eigenvalue weighted by molar-refractivity contribution is 7.90. The summed E-state index contributed by atoms with van der Waals surface area (Å²) in [5, 5.41) is 9.55. The molecule has 0 radical (unpaired) electrons. The maximum Gasteiger partial charge on any atom is 0.307 e. The van der Waals surface area contributed by atoms with Crippen molar-refractivity contribution in [2.75, 3.05) is 0 Å². The van der Waals surface area contributed by atoms with Crippen LogP contribution in [0.1, 0.15) is 11.3 Å². The van der Waals surface area contributed by atoms with E-state index in [1.165, 1.54) is 30.6 Å². The van der Waals surface area contributed by atoms with E-state index in [2.05, 4.69) is 4.98 Å². The molecule has 0 aliphatic heterocycles. The molecule has 0 saturated carbocycles. The molecule has 0 atom stereocenters. The van der Waals surface area contributed by atoms with Crippen LogP contribution in [0, 0.1) is 12.7 Å². The maximum atomic E-state index is 13.1. The number of halogens is 1. The van der Waals surface area contributed by atoms with Gasteiger partial charge in [-0.3, -0.25) is 9.78 Å². The number of rotatable bonds is 4. The lowest BCUT2D eigenvalue weighted by molar-refractivity contribution is -0.136. The summed E-state index contributed by atoms with van der Waals surface area (Å²) in [4.78, 5) is 15.0. The Kier molecular flexibility index (Phi) is 3.84. The number of carbonyl (C=O) groups is 1. The molecular formula is C16H13FN2O4S. The quantitative estimate of drug-likeness (QED) is 0.782. The maximum absolute atomic E-state index is 13.1. The van der Waals surface area contributed by atoms with E-state index >= 15 is 0 Å². The highest BCUT2D eigenvalue weighted by atomic mass is 32.2. The molecule has 2 heterocycles. The van der Waals surface area contributed by atoms with Crippen molar-refractivity contribution in [1.82, 2.24) is 8.96 Å². The smallest absolute Gasteiger partial charge is 0.307 e. The molecule has 3 rings (SSSR count). The van der Waals surface area contributed by atoms with E-state index in [0.717, 1.165) is 16.1 Å². The number of pyridine rings is 1. The summed E-state index contributed by atoms with van der Waals surface area (Å²) >= 11 is 0. The van der Waals surface area contributed by atoms with Crippen molar-refractivity contribution in [3.63, 3.8) is 0 Å². The van der Waals surface area contributed by atoms with E-state index in [-0.39, 0.29) is 11.3 Å². The molecule has 3 aromatic rings. The summed E-state index contributed by atoms with van der Waals surface area (Å²) in [5.74, 6) is -1.61. The van der Waals surface area contributed by atoms with Gasteiger partial charge in [-0.15, -0.1) is 0 Å². The van der Waals surface area contributed by atoms with Gasteiger partial charge in [0.2, 0.25) is 0 Å².